The van der Waals surface area contributed by atoms with Crippen LogP contribution in [-0.4, -0.2) is 94.3 Å². The van der Waals surface area contributed by atoms with Gasteiger partial charge in [0.1, 0.15) is 0 Å². The Morgan fingerprint density at radius 1 is 0.515 bits per heavy atom. The number of benzene rings is 2. The largest absolute Gasteiger partial charge is 1.00 e. The molecule has 6 heterocycles. The number of esters is 1. The summed E-state index contributed by atoms with van der Waals surface area (Å²) in [5.74, 6) is -1.85. The molecule has 2 aromatic heterocycles. The van der Waals surface area contributed by atoms with Crippen molar-refractivity contribution in [3.63, 3.8) is 0 Å². The molecule has 2 aromatic carbocycles. The van der Waals surface area contributed by atoms with Crippen LogP contribution >= 0.6 is 0 Å². The van der Waals surface area contributed by atoms with Crippen LogP contribution in [-0.2, 0) is 4.74 Å². The molecule has 364 valence electrons. The summed E-state index contributed by atoms with van der Waals surface area (Å²) in [6, 6.07) is 18.7. The van der Waals surface area contributed by atoms with Crippen LogP contribution in [0.5, 0.6) is 0 Å². The number of aromatic carboxylic acids is 1. The van der Waals surface area contributed by atoms with Gasteiger partial charge in [0, 0.05) is 48.3 Å². The van der Waals surface area contributed by atoms with Gasteiger partial charge in [-0.1, -0.05) is 114 Å². The number of carbonyl (C=O) groups is 2. The number of carboxylic acids is 1. The second kappa shape index (κ2) is 24.6. The molecule has 0 amide bonds. The maximum absolute atomic E-state index is 13.6. The third kappa shape index (κ3) is 11.5. The smallest absolute Gasteiger partial charge is 0.870 e. The first kappa shape index (κ1) is 52.4. The molecule has 14 heteroatoms. The molecule has 4 aliphatic heterocycles. The Morgan fingerprint density at radius 2 is 0.853 bits per heavy atom. The Labute approximate surface area is 424 Å². The quantitative estimate of drug-likeness (QED) is 0.143. The number of ether oxygens (including phenoxy) is 1. The maximum Gasteiger partial charge on any atom is 1.00 e. The van der Waals surface area contributed by atoms with Gasteiger partial charge in [-0.25, -0.2) is 19.6 Å². The van der Waals surface area contributed by atoms with E-state index in [4.69, 9.17) is 4.74 Å². The van der Waals surface area contributed by atoms with E-state index in [1.807, 2.05) is 53.1 Å². The van der Waals surface area contributed by atoms with Crippen molar-refractivity contribution < 1.29 is 54.5 Å². The third-order valence-corrected chi connectivity index (χ3v) is 16.5. The molecule has 4 bridgehead atoms. The number of aromatic nitrogens is 4. The molecule has 10 rings (SSSR count). The fourth-order valence-corrected chi connectivity index (χ4v) is 13.7. The van der Waals surface area contributed by atoms with Gasteiger partial charge in [0.15, 0.2) is 0 Å². The van der Waals surface area contributed by atoms with Crippen molar-refractivity contribution in [2.24, 2.45) is 0 Å². The SMILES string of the molecule is CCOC(=O)c1nc2ccccc2n(C2C[C@H]3CCC[C@@H](C2)N3C2CCCCCCCC2)c1=O.O=C(O)c1nc2ccccc2n(C2C[C@H]3CCC[C@@H](C2)N3C2CCCCCCCC2)c1=O.[Na+].[OH-]. The number of nitrogens with zero attached hydrogens (tertiary/aromatic N) is 6. The number of carbonyl (C=O) groups excluding carboxylic acids is 1. The Hall–Kier alpha value is -3.46. The number of piperidine rings is 4. The summed E-state index contributed by atoms with van der Waals surface area (Å²) in [5, 5.41) is 9.61. The van der Waals surface area contributed by atoms with Crippen molar-refractivity contribution in [2.45, 2.75) is 222 Å². The van der Waals surface area contributed by atoms with Crippen LogP contribution in [0.1, 0.15) is 207 Å². The van der Waals surface area contributed by atoms with Gasteiger partial charge in [-0.2, -0.15) is 0 Å². The molecule has 4 aromatic rings. The van der Waals surface area contributed by atoms with E-state index in [0.29, 0.717) is 47.3 Å². The van der Waals surface area contributed by atoms with Crippen LogP contribution < -0.4 is 40.7 Å². The van der Waals surface area contributed by atoms with Crippen LogP contribution in [0.2, 0.25) is 0 Å². The van der Waals surface area contributed by atoms with E-state index >= 15 is 0 Å². The van der Waals surface area contributed by atoms with Gasteiger partial charge in [-0.15, -0.1) is 0 Å². The summed E-state index contributed by atoms with van der Waals surface area (Å²) in [4.78, 5) is 65.5. The van der Waals surface area contributed by atoms with Crippen LogP contribution in [0, 0.1) is 0 Å². The minimum absolute atomic E-state index is 0. The molecule has 2 unspecified atom stereocenters. The Bertz CT molecular complexity index is 2390. The van der Waals surface area contributed by atoms with Gasteiger partial charge in [0.2, 0.25) is 11.4 Å². The molecule has 13 nitrogen and oxygen atoms in total. The van der Waals surface area contributed by atoms with Gasteiger partial charge < -0.3 is 24.5 Å². The molecular weight excluding hydrogens is 868 g/mol. The second-order valence-electron chi connectivity index (χ2n) is 20.6. The summed E-state index contributed by atoms with van der Waals surface area (Å²) in [6.07, 6.45) is 32.8. The molecule has 2 saturated carbocycles. The predicted molar refractivity (Wildman–Crippen MR) is 261 cm³/mol. The molecule has 2 N–H and O–H groups in total. The number of hydrogen-bond acceptors (Lipinski definition) is 10. The van der Waals surface area contributed by atoms with Crippen molar-refractivity contribution >= 4 is 34.0 Å². The van der Waals surface area contributed by atoms with E-state index in [2.05, 4.69) is 19.8 Å². The normalized spacial score (nSPS) is 26.7. The topological polar surface area (TPSA) is 170 Å². The first-order valence-corrected chi connectivity index (χ1v) is 26.3. The monoisotopic (exact) mass is 943 g/mol. The van der Waals surface area contributed by atoms with Crippen molar-refractivity contribution in [1.82, 2.24) is 28.9 Å². The van der Waals surface area contributed by atoms with E-state index in [0.717, 1.165) is 36.7 Å². The Morgan fingerprint density at radius 3 is 1.24 bits per heavy atom. The molecule has 6 aliphatic rings. The van der Waals surface area contributed by atoms with Crippen LogP contribution in [0.15, 0.2) is 58.1 Å². The molecule has 4 saturated heterocycles. The Balaban J connectivity index is 0.000000196. The third-order valence-electron chi connectivity index (χ3n) is 16.5. The summed E-state index contributed by atoms with van der Waals surface area (Å²) >= 11 is 0. The Kier molecular flexibility index (Phi) is 18.9. The first-order chi connectivity index (χ1) is 32.3. The van der Waals surface area contributed by atoms with Crippen LogP contribution in [0.4, 0.5) is 0 Å². The van der Waals surface area contributed by atoms with Crippen molar-refractivity contribution in [2.75, 3.05) is 6.61 Å². The van der Waals surface area contributed by atoms with E-state index in [1.165, 1.54) is 141 Å². The zero-order valence-electron chi connectivity index (χ0n) is 40.9. The molecule has 0 spiro atoms. The van der Waals surface area contributed by atoms with Crippen molar-refractivity contribution in [1.29, 1.82) is 0 Å². The number of para-hydroxylation sites is 4. The van der Waals surface area contributed by atoms with Crippen molar-refractivity contribution in [3.05, 3.63) is 80.6 Å². The summed E-state index contributed by atoms with van der Waals surface area (Å²) in [5.41, 5.74) is 1.70. The van der Waals surface area contributed by atoms with Crippen LogP contribution in [0.25, 0.3) is 22.1 Å². The maximum atomic E-state index is 13.6. The van der Waals surface area contributed by atoms with Gasteiger partial charge in [0.25, 0.3) is 11.1 Å². The zero-order chi connectivity index (χ0) is 45.6. The average molecular weight is 943 g/mol. The van der Waals surface area contributed by atoms with Gasteiger partial charge in [-0.05, 0) is 108 Å². The van der Waals surface area contributed by atoms with Gasteiger partial charge >= 0.3 is 41.5 Å². The number of fused-ring (bicyclic) bond motifs is 6. The fraction of sp³-hybridized carbons (Fsp3) is 0.667. The zero-order valence-corrected chi connectivity index (χ0v) is 42.9. The van der Waals surface area contributed by atoms with E-state index < -0.39 is 17.5 Å². The molecule has 6 atom stereocenters. The average Bonchev–Trinajstić information content (AvgIpc) is 3.55. The van der Waals surface area contributed by atoms with E-state index in [-0.39, 0.29) is 70.7 Å². The van der Waals surface area contributed by atoms with Gasteiger partial charge in [0.05, 0.1) is 28.7 Å². The predicted octanol–water partition coefficient (Wildman–Crippen LogP) is 7.62. The van der Waals surface area contributed by atoms with E-state index in [9.17, 15) is 24.3 Å². The number of hydrogen-bond donors (Lipinski definition) is 1. The molecular formula is C54H75N6NaO7. The first-order valence-electron chi connectivity index (χ1n) is 26.3. The molecule has 2 aliphatic carbocycles. The standard InChI is InChI=1S/C28H39N3O3.C26H35N3O3.Na.H2O/c1-2-34-28(33)26-27(32)31(25-17-10-9-16-24(25)29-26)23-18-21-14-11-15-22(19-23)30(21)20-12-7-5-3-4-6-8-13-20;30-25-24(26(31)32)27-22-14-7-8-15-23(22)29(25)21-16-19-12-9-13-20(17-21)28(19)18-10-5-3-1-2-4-6-11-18;;/h9-10,16-17,20-23H,2-8,11-15,18-19H2,1H3;7-8,14-15,18-21H,1-6,9-13,16-17H2,(H,31,32);;1H2/q;;+1;/p-1/t21-,22+,23?;19-,20+,21?;;. The minimum atomic E-state index is -1.24. The molecule has 6 fully saturated rings. The summed E-state index contributed by atoms with van der Waals surface area (Å²) in [6.45, 7) is 1.99. The second-order valence-corrected chi connectivity index (χ2v) is 20.6. The van der Waals surface area contributed by atoms with E-state index in [1.54, 1.807) is 11.5 Å². The summed E-state index contributed by atoms with van der Waals surface area (Å²) < 4.78 is 8.84. The number of rotatable bonds is 7. The van der Waals surface area contributed by atoms with Crippen molar-refractivity contribution in [3.8, 4) is 0 Å². The molecule has 68 heavy (non-hydrogen) atoms. The van der Waals surface area contributed by atoms with Crippen LogP contribution in [0.3, 0.4) is 0 Å². The van der Waals surface area contributed by atoms with Gasteiger partial charge in [-0.3, -0.25) is 19.4 Å². The molecule has 0 radical (unpaired) electrons. The number of carboxylic acid groups (broad SMARTS) is 1. The minimum Gasteiger partial charge on any atom is -0.870 e. The fourth-order valence-electron chi connectivity index (χ4n) is 13.7. The summed E-state index contributed by atoms with van der Waals surface area (Å²) in [7, 11) is 0.